The number of ether oxygens (including phenoxy) is 15. The lowest BCUT2D eigenvalue weighted by molar-refractivity contribution is -0.0779. The minimum atomic E-state index is -0.590. The monoisotopic (exact) mass is 1080 g/mol. The van der Waals surface area contributed by atoms with E-state index < -0.39 is 12.8 Å². The van der Waals surface area contributed by atoms with Crippen LogP contribution in [0.3, 0.4) is 0 Å². The molecular formula is C57H83FN4O15. The third-order valence-corrected chi connectivity index (χ3v) is 10.6. The molecule has 428 valence electrons. The first-order valence-corrected chi connectivity index (χ1v) is 26.3. The standard InChI is InChI=1S/C57H83FN4O15/c1-59-53-13-7-49(8-14-53)3-5-51-11-17-56(61-45-51)76-43-41-71-35-33-67-27-25-63-21-23-65-29-31-69-37-39-73-47-55(75-20-19-58)48-74-40-38-70-32-30-66-24-22-64-26-28-68-34-36-72-42-44-77-57-18-12-52(46-62-57)6-4-50-9-15-54(60-2)16-10-50/h3-18,45-46,55,59-60H,19-44,47-48H2,1-2H3/b5-3+,6-4+/i58-1. The van der Waals surface area contributed by atoms with Crippen molar-refractivity contribution < 1.29 is 75.4 Å². The SMILES string of the molecule is CNc1ccc(/C=C/c2ccc(OCCOCCOCCOCCOCCOCCOCC(COCCOCCOCCOCCOCCOCCOc3ccc(/C=C/c4ccc(NC)cc4)cn3)OCC[18F])nc2)cc1. The number of hydrogen-bond donors (Lipinski definition) is 2. The molecule has 20 heteroatoms. The molecule has 0 fully saturated rings. The fraction of sp³-hybridized carbons (Fsp3) is 0.544. The van der Waals surface area contributed by atoms with Gasteiger partial charge >= 0.3 is 0 Å². The highest BCUT2D eigenvalue weighted by molar-refractivity contribution is 5.71. The molecule has 77 heavy (non-hydrogen) atoms. The molecule has 0 saturated heterocycles. The van der Waals surface area contributed by atoms with Gasteiger partial charge in [-0.3, -0.25) is 0 Å². The molecule has 0 aliphatic carbocycles. The van der Waals surface area contributed by atoms with Crippen LogP contribution >= 0.6 is 0 Å². The number of aromatic nitrogens is 2. The molecule has 2 aromatic carbocycles. The van der Waals surface area contributed by atoms with E-state index in [4.69, 9.17) is 71.1 Å². The van der Waals surface area contributed by atoms with Crippen molar-refractivity contribution in [2.75, 3.05) is 210 Å². The molecule has 2 N–H and O–H groups in total. The third kappa shape index (κ3) is 34.4. The molecule has 0 radical (unpaired) electrons. The van der Waals surface area contributed by atoms with Crippen LogP contribution in [-0.2, 0) is 61.6 Å². The largest absolute Gasteiger partial charge is 0.475 e. The molecule has 0 aliphatic heterocycles. The van der Waals surface area contributed by atoms with Crippen molar-refractivity contribution in [2.24, 2.45) is 0 Å². The molecule has 2 aromatic heterocycles. The maximum atomic E-state index is 12.8. The van der Waals surface area contributed by atoms with E-state index in [0.29, 0.717) is 170 Å². The summed E-state index contributed by atoms with van der Waals surface area (Å²) in [5.41, 5.74) is 6.35. The summed E-state index contributed by atoms with van der Waals surface area (Å²) in [6, 6.07) is 24.0. The molecule has 0 spiro atoms. The Labute approximate surface area is 454 Å². The van der Waals surface area contributed by atoms with Crippen LogP contribution in [0.5, 0.6) is 11.8 Å². The first-order valence-electron chi connectivity index (χ1n) is 26.3. The first-order chi connectivity index (χ1) is 38.1. The lowest BCUT2D eigenvalue weighted by atomic mass is 10.1. The lowest BCUT2D eigenvalue weighted by Gasteiger charge is -2.17. The normalized spacial score (nSPS) is 11.6. The topological polar surface area (TPSA) is 188 Å². The number of anilines is 2. The number of hydrogen-bond acceptors (Lipinski definition) is 19. The summed E-state index contributed by atoms with van der Waals surface area (Å²) in [5.74, 6) is 1.10. The van der Waals surface area contributed by atoms with Gasteiger partial charge in [0, 0.05) is 50.0 Å². The number of pyridine rings is 2. The predicted molar refractivity (Wildman–Crippen MR) is 295 cm³/mol. The molecule has 19 nitrogen and oxygen atoms in total. The van der Waals surface area contributed by atoms with Gasteiger partial charge in [-0.25, -0.2) is 14.4 Å². The predicted octanol–water partition coefficient (Wildman–Crippen LogP) is 6.91. The van der Waals surface area contributed by atoms with Crippen molar-refractivity contribution in [1.82, 2.24) is 9.97 Å². The Bertz CT molecular complexity index is 1880. The van der Waals surface area contributed by atoms with E-state index in [-0.39, 0.29) is 19.8 Å². The molecule has 2 heterocycles. The van der Waals surface area contributed by atoms with Gasteiger partial charge in [0.1, 0.15) is 26.0 Å². The van der Waals surface area contributed by atoms with Crippen molar-refractivity contribution in [2.45, 2.75) is 6.10 Å². The molecule has 0 bridgehead atoms. The van der Waals surface area contributed by atoms with Crippen LogP contribution in [0.2, 0.25) is 0 Å². The quantitative estimate of drug-likeness (QED) is 0.0434. The van der Waals surface area contributed by atoms with Gasteiger partial charge in [0.15, 0.2) is 0 Å². The summed E-state index contributed by atoms with van der Waals surface area (Å²) >= 11 is 0. The fourth-order valence-corrected chi connectivity index (χ4v) is 6.45. The van der Waals surface area contributed by atoms with Crippen LogP contribution in [0.4, 0.5) is 15.8 Å². The summed E-state index contributed by atoms with van der Waals surface area (Å²) in [5, 5.41) is 6.23. The minimum absolute atomic E-state index is 0.0312. The van der Waals surface area contributed by atoms with Crippen molar-refractivity contribution in [3.63, 3.8) is 0 Å². The molecule has 4 rings (SSSR count). The van der Waals surface area contributed by atoms with Gasteiger partial charge in [-0.15, -0.1) is 0 Å². The highest BCUT2D eigenvalue weighted by Crippen LogP contribution is 2.15. The van der Waals surface area contributed by atoms with E-state index in [1.54, 1.807) is 12.4 Å². The highest BCUT2D eigenvalue weighted by atomic mass is 18.2. The minimum Gasteiger partial charge on any atom is -0.475 e. The van der Waals surface area contributed by atoms with E-state index in [1.165, 1.54) is 0 Å². The average Bonchev–Trinajstić information content (AvgIpc) is 3.47. The molecular weight excluding hydrogens is 999 g/mol. The van der Waals surface area contributed by atoms with E-state index in [9.17, 15) is 4.39 Å². The van der Waals surface area contributed by atoms with Crippen molar-refractivity contribution >= 4 is 35.7 Å². The summed E-state index contributed by atoms with van der Waals surface area (Å²) < 4.78 is 96.5. The molecule has 0 aliphatic rings. The van der Waals surface area contributed by atoms with Crippen molar-refractivity contribution in [3.8, 4) is 11.8 Å². The number of alkyl halides is 1. The molecule has 0 unspecified atom stereocenters. The Kier molecular flexibility index (Phi) is 38.3. The second-order valence-electron chi connectivity index (χ2n) is 16.4. The maximum absolute atomic E-state index is 12.8. The summed E-state index contributed by atoms with van der Waals surface area (Å²) in [6.07, 6.45) is 11.3. The average molecular weight is 1080 g/mol. The van der Waals surface area contributed by atoms with Crippen LogP contribution in [-0.4, -0.2) is 215 Å². The number of nitrogens with one attached hydrogen (secondary N) is 2. The Hall–Kier alpha value is -5.17. The second-order valence-corrected chi connectivity index (χ2v) is 16.4. The molecule has 0 amide bonds. The van der Waals surface area contributed by atoms with E-state index in [2.05, 4.69) is 44.9 Å². The molecule has 0 atom stereocenters. The maximum Gasteiger partial charge on any atom is 0.213 e. The zero-order chi connectivity index (χ0) is 54.2. The molecule has 4 aromatic rings. The highest BCUT2D eigenvalue weighted by Gasteiger charge is 2.10. The Morgan fingerprint density at radius 3 is 0.896 bits per heavy atom. The summed E-state index contributed by atoms with van der Waals surface area (Å²) in [7, 11) is 3.80. The van der Waals surface area contributed by atoms with Crippen LogP contribution in [0.25, 0.3) is 24.3 Å². The van der Waals surface area contributed by atoms with Gasteiger partial charge in [-0.1, -0.05) is 48.6 Å². The van der Waals surface area contributed by atoms with Crippen molar-refractivity contribution in [3.05, 3.63) is 107 Å². The summed E-state index contributed by atoms with van der Waals surface area (Å²) in [4.78, 5) is 8.72. The van der Waals surface area contributed by atoms with Crippen LogP contribution in [0.1, 0.15) is 22.3 Å². The van der Waals surface area contributed by atoms with Gasteiger partial charge in [0.05, 0.1) is 165 Å². The van der Waals surface area contributed by atoms with Gasteiger partial charge in [0.2, 0.25) is 11.8 Å². The van der Waals surface area contributed by atoms with E-state index in [1.807, 2.05) is 86.9 Å². The van der Waals surface area contributed by atoms with Gasteiger partial charge in [-0.05, 0) is 58.7 Å². The van der Waals surface area contributed by atoms with Crippen LogP contribution in [0, 0.1) is 0 Å². The lowest BCUT2D eigenvalue weighted by Crippen LogP contribution is -2.28. The zero-order valence-electron chi connectivity index (χ0n) is 45.2. The van der Waals surface area contributed by atoms with Gasteiger partial charge < -0.3 is 81.7 Å². The smallest absolute Gasteiger partial charge is 0.213 e. The summed E-state index contributed by atoms with van der Waals surface area (Å²) in [6.45, 7) is 10.2. The second kappa shape index (κ2) is 45.8. The molecule has 0 saturated carbocycles. The van der Waals surface area contributed by atoms with Crippen LogP contribution in [0.15, 0.2) is 85.2 Å². The Morgan fingerprint density at radius 2 is 0.623 bits per heavy atom. The first kappa shape index (κ1) is 64.4. The van der Waals surface area contributed by atoms with Crippen molar-refractivity contribution in [1.29, 1.82) is 0 Å². The van der Waals surface area contributed by atoms with Gasteiger partial charge in [-0.2, -0.15) is 0 Å². The Morgan fingerprint density at radius 1 is 0.351 bits per heavy atom. The van der Waals surface area contributed by atoms with Crippen LogP contribution < -0.4 is 20.1 Å². The number of rotatable bonds is 51. The van der Waals surface area contributed by atoms with E-state index >= 15 is 0 Å². The third-order valence-electron chi connectivity index (χ3n) is 10.6. The zero-order valence-corrected chi connectivity index (χ0v) is 45.2. The number of benzene rings is 2. The fourth-order valence-electron chi connectivity index (χ4n) is 6.45. The number of halogens is 1. The number of nitrogens with zero attached hydrogens (tertiary/aromatic N) is 2. The Balaban J connectivity index is 0.806. The van der Waals surface area contributed by atoms with Gasteiger partial charge in [0.25, 0.3) is 0 Å². The van der Waals surface area contributed by atoms with E-state index in [0.717, 1.165) is 33.6 Å².